The van der Waals surface area contributed by atoms with Crippen LogP contribution in [0.2, 0.25) is 0 Å². The molecule has 0 aromatic heterocycles. The van der Waals surface area contributed by atoms with E-state index in [-0.39, 0.29) is 23.8 Å². The summed E-state index contributed by atoms with van der Waals surface area (Å²) >= 11 is 0. The first kappa shape index (κ1) is 9.19. The Balaban J connectivity index is 1.60. The highest BCUT2D eigenvalue weighted by atomic mass is 16.4. The van der Waals surface area contributed by atoms with Crippen molar-refractivity contribution in [1.82, 2.24) is 5.32 Å². The zero-order valence-corrected chi connectivity index (χ0v) is 8.48. The van der Waals surface area contributed by atoms with Crippen LogP contribution in [0, 0.1) is 23.7 Å². The molecule has 3 fully saturated rings. The smallest absolute Gasteiger partial charge is 0.306 e. The molecule has 0 radical (unpaired) electrons. The lowest BCUT2D eigenvalue weighted by atomic mass is 10.0. The summed E-state index contributed by atoms with van der Waals surface area (Å²) in [7, 11) is 0. The van der Waals surface area contributed by atoms with E-state index in [1.165, 1.54) is 0 Å². The zero-order valence-electron chi connectivity index (χ0n) is 8.48. The number of hydrogen-bond acceptors (Lipinski definition) is 2. The van der Waals surface area contributed by atoms with Gasteiger partial charge in [0.1, 0.15) is 0 Å². The molecule has 0 aliphatic heterocycles. The van der Waals surface area contributed by atoms with Gasteiger partial charge in [0.15, 0.2) is 0 Å². The number of carbonyl (C=O) groups excluding carboxylic acids is 1. The SMILES string of the molecule is O=C(N[C@H]1C[C@@H](C(=O)O)[C@@H]2C[C@@H]21)C1CC1. The van der Waals surface area contributed by atoms with Gasteiger partial charge in [-0.05, 0) is 37.5 Å². The summed E-state index contributed by atoms with van der Waals surface area (Å²) in [6.45, 7) is 0. The molecule has 82 valence electrons. The molecule has 3 rings (SSSR count). The van der Waals surface area contributed by atoms with Gasteiger partial charge in [-0.2, -0.15) is 0 Å². The van der Waals surface area contributed by atoms with Gasteiger partial charge in [0, 0.05) is 12.0 Å². The molecule has 15 heavy (non-hydrogen) atoms. The van der Waals surface area contributed by atoms with Gasteiger partial charge in [0.2, 0.25) is 5.91 Å². The van der Waals surface area contributed by atoms with Crippen LogP contribution < -0.4 is 5.32 Å². The number of fused-ring (bicyclic) bond motifs is 1. The molecular formula is C11H15NO3. The summed E-state index contributed by atoms with van der Waals surface area (Å²) in [6, 6.07) is 0.143. The van der Waals surface area contributed by atoms with Gasteiger partial charge in [-0.25, -0.2) is 0 Å². The van der Waals surface area contributed by atoms with E-state index in [2.05, 4.69) is 5.32 Å². The van der Waals surface area contributed by atoms with Crippen LogP contribution in [-0.4, -0.2) is 23.0 Å². The van der Waals surface area contributed by atoms with E-state index < -0.39 is 5.97 Å². The molecule has 3 aliphatic carbocycles. The summed E-state index contributed by atoms with van der Waals surface area (Å²) in [4.78, 5) is 22.4. The third-order valence-corrected chi connectivity index (χ3v) is 4.03. The quantitative estimate of drug-likeness (QED) is 0.716. The molecule has 4 atom stereocenters. The van der Waals surface area contributed by atoms with E-state index in [4.69, 9.17) is 5.11 Å². The Kier molecular flexibility index (Phi) is 1.82. The first-order valence-corrected chi connectivity index (χ1v) is 5.70. The van der Waals surface area contributed by atoms with Gasteiger partial charge in [0.05, 0.1) is 5.92 Å². The van der Waals surface area contributed by atoms with E-state index in [9.17, 15) is 9.59 Å². The Labute approximate surface area is 88.0 Å². The fourth-order valence-corrected chi connectivity index (χ4v) is 2.88. The first-order valence-electron chi connectivity index (χ1n) is 5.70. The lowest BCUT2D eigenvalue weighted by molar-refractivity contribution is -0.142. The first-order chi connectivity index (χ1) is 7.16. The predicted octanol–water partition coefficient (Wildman–Crippen LogP) is 0.622. The number of amides is 1. The number of nitrogens with one attached hydrogen (secondary N) is 1. The number of aliphatic carboxylic acids is 1. The average Bonchev–Trinajstić information content (AvgIpc) is 3.06. The zero-order chi connectivity index (χ0) is 10.6. The maximum Gasteiger partial charge on any atom is 0.306 e. The largest absolute Gasteiger partial charge is 0.481 e. The lowest BCUT2D eigenvalue weighted by Crippen LogP contribution is -2.36. The van der Waals surface area contributed by atoms with Crippen LogP contribution in [0.5, 0.6) is 0 Å². The van der Waals surface area contributed by atoms with Crippen molar-refractivity contribution in [1.29, 1.82) is 0 Å². The van der Waals surface area contributed by atoms with Crippen molar-refractivity contribution in [2.45, 2.75) is 31.7 Å². The van der Waals surface area contributed by atoms with Gasteiger partial charge in [-0.3, -0.25) is 9.59 Å². The molecule has 0 heterocycles. The van der Waals surface area contributed by atoms with Crippen LogP contribution in [0.15, 0.2) is 0 Å². The molecule has 0 bridgehead atoms. The molecule has 0 aromatic rings. The number of rotatable bonds is 3. The molecular weight excluding hydrogens is 194 g/mol. The summed E-state index contributed by atoms with van der Waals surface area (Å²) in [5, 5.41) is 12.0. The average molecular weight is 209 g/mol. The van der Waals surface area contributed by atoms with Crippen LogP contribution in [0.3, 0.4) is 0 Å². The normalized spacial score (nSPS) is 42.1. The van der Waals surface area contributed by atoms with E-state index >= 15 is 0 Å². The van der Waals surface area contributed by atoms with Crippen LogP contribution in [0.1, 0.15) is 25.7 Å². The fourth-order valence-electron chi connectivity index (χ4n) is 2.88. The van der Waals surface area contributed by atoms with Gasteiger partial charge < -0.3 is 10.4 Å². The molecule has 3 saturated carbocycles. The number of carbonyl (C=O) groups is 2. The van der Waals surface area contributed by atoms with Gasteiger partial charge >= 0.3 is 5.97 Å². The summed E-state index contributed by atoms with van der Waals surface area (Å²) < 4.78 is 0. The second-order valence-corrected chi connectivity index (χ2v) is 5.13. The van der Waals surface area contributed by atoms with Crippen LogP contribution in [0.4, 0.5) is 0 Å². The topological polar surface area (TPSA) is 66.4 Å². The minimum Gasteiger partial charge on any atom is -0.481 e. The number of hydrogen-bond donors (Lipinski definition) is 2. The van der Waals surface area contributed by atoms with Crippen molar-refractivity contribution in [2.24, 2.45) is 23.7 Å². The monoisotopic (exact) mass is 209 g/mol. The highest BCUT2D eigenvalue weighted by molar-refractivity contribution is 5.81. The van der Waals surface area contributed by atoms with Crippen LogP contribution in [-0.2, 0) is 9.59 Å². The number of carboxylic acids is 1. The van der Waals surface area contributed by atoms with Crippen molar-refractivity contribution < 1.29 is 14.7 Å². The Morgan fingerprint density at radius 3 is 2.40 bits per heavy atom. The van der Waals surface area contributed by atoms with E-state index in [0.717, 1.165) is 19.3 Å². The lowest BCUT2D eigenvalue weighted by Gasteiger charge is -2.15. The minimum absolute atomic E-state index is 0.143. The van der Waals surface area contributed by atoms with Crippen molar-refractivity contribution in [3.8, 4) is 0 Å². The Hall–Kier alpha value is -1.06. The summed E-state index contributed by atoms with van der Waals surface area (Å²) in [6.07, 6.45) is 3.65. The van der Waals surface area contributed by atoms with Crippen LogP contribution in [0.25, 0.3) is 0 Å². The Morgan fingerprint density at radius 2 is 1.87 bits per heavy atom. The van der Waals surface area contributed by atoms with Crippen molar-refractivity contribution >= 4 is 11.9 Å². The highest BCUT2D eigenvalue weighted by Crippen LogP contribution is 2.55. The van der Waals surface area contributed by atoms with E-state index in [0.29, 0.717) is 18.3 Å². The third-order valence-electron chi connectivity index (χ3n) is 4.03. The van der Waals surface area contributed by atoms with Crippen LogP contribution >= 0.6 is 0 Å². The maximum absolute atomic E-state index is 11.5. The van der Waals surface area contributed by atoms with Gasteiger partial charge in [-0.1, -0.05) is 0 Å². The molecule has 0 saturated heterocycles. The molecule has 0 spiro atoms. The molecule has 4 nitrogen and oxygen atoms in total. The maximum atomic E-state index is 11.5. The second-order valence-electron chi connectivity index (χ2n) is 5.13. The Bertz CT molecular complexity index is 324. The van der Waals surface area contributed by atoms with Gasteiger partial charge in [0.25, 0.3) is 0 Å². The van der Waals surface area contributed by atoms with Gasteiger partial charge in [-0.15, -0.1) is 0 Å². The molecule has 1 amide bonds. The minimum atomic E-state index is -0.689. The second kappa shape index (κ2) is 2.97. The highest BCUT2D eigenvalue weighted by Gasteiger charge is 2.57. The Morgan fingerprint density at radius 1 is 1.13 bits per heavy atom. The standard InChI is InChI=1S/C11H15NO3/c13-10(5-1-2-5)12-9-4-8(11(14)15)6-3-7(6)9/h5-9H,1-4H2,(H,12,13)(H,14,15)/t6-,7+,8-,9+/m1/s1. The van der Waals surface area contributed by atoms with Crippen molar-refractivity contribution in [2.75, 3.05) is 0 Å². The molecule has 0 unspecified atom stereocenters. The van der Waals surface area contributed by atoms with Crippen molar-refractivity contribution in [3.05, 3.63) is 0 Å². The summed E-state index contributed by atoms with van der Waals surface area (Å²) in [5.74, 6) is 0.272. The van der Waals surface area contributed by atoms with Crippen molar-refractivity contribution in [3.63, 3.8) is 0 Å². The molecule has 0 aromatic carbocycles. The molecule has 4 heteroatoms. The predicted molar refractivity (Wildman–Crippen MR) is 52.0 cm³/mol. The van der Waals surface area contributed by atoms with E-state index in [1.54, 1.807) is 0 Å². The number of carboxylic acid groups (broad SMARTS) is 1. The third kappa shape index (κ3) is 1.52. The van der Waals surface area contributed by atoms with E-state index in [1.807, 2.05) is 0 Å². The summed E-state index contributed by atoms with van der Waals surface area (Å²) in [5.41, 5.74) is 0. The molecule has 3 aliphatic rings. The fraction of sp³-hybridized carbons (Fsp3) is 0.818. The molecule has 2 N–H and O–H groups in total.